The van der Waals surface area contributed by atoms with Crippen LogP contribution >= 0.6 is 70.6 Å². The topological polar surface area (TPSA) is 125 Å². The van der Waals surface area contributed by atoms with Crippen LogP contribution in [0.25, 0.3) is 0 Å². The summed E-state index contributed by atoms with van der Waals surface area (Å²) in [7, 11) is 0. The maximum absolute atomic E-state index is 13.0. The van der Waals surface area contributed by atoms with Crippen molar-refractivity contribution in [2.45, 2.75) is 26.7 Å². The first kappa shape index (κ1) is 26.8. The van der Waals surface area contributed by atoms with Crippen molar-refractivity contribution in [3.63, 3.8) is 0 Å². The van der Waals surface area contributed by atoms with Crippen molar-refractivity contribution < 1.29 is 19.2 Å². The Bertz CT molecular complexity index is 1220. The smallest absolute Gasteiger partial charge is 0.267 e. The fourth-order valence-electron chi connectivity index (χ4n) is 3.07. The number of nitrogens with one attached hydrogen (secondary N) is 2. The number of carbonyl (C=O) groups excluding carboxylic acids is 4. The number of carbonyl (C=O) groups is 4. The zero-order valence-corrected chi connectivity index (χ0v) is 23.8. The number of aromatic nitrogens is 2. The lowest BCUT2D eigenvalue weighted by molar-refractivity contribution is -0.125. The van der Waals surface area contributed by atoms with Crippen LogP contribution in [0.3, 0.4) is 0 Å². The Balaban J connectivity index is 1.34. The number of aryl methyl sites for hydroxylation is 2. The van der Waals surface area contributed by atoms with Crippen LogP contribution in [0.15, 0.2) is 20.6 Å². The largest absolute Gasteiger partial charge is 0.302 e. The molecule has 2 N–H and O–H groups in total. The van der Waals surface area contributed by atoms with E-state index in [9.17, 15) is 19.2 Å². The quantitative estimate of drug-likeness (QED) is 0.345. The van der Waals surface area contributed by atoms with E-state index in [1.54, 1.807) is 0 Å². The highest BCUT2D eigenvalue weighted by Crippen LogP contribution is 2.42. The lowest BCUT2D eigenvalue weighted by Gasteiger charge is -2.14. The third-order valence-corrected chi connectivity index (χ3v) is 9.54. The molecule has 16 heteroatoms. The predicted molar refractivity (Wildman–Crippen MR) is 151 cm³/mol. The van der Waals surface area contributed by atoms with Crippen LogP contribution in [-0.4, -0.2) is 65.1 Å². The SMILES string of the molecule is Cc1csc(NC(=O)CCN2C(=O)C(=C3SC(=S)N(CCC(=O)Nc4nc(C)cs4)C3=O)SC2=S)n1. The van der Waals surface area contributed by atoms with Crippen molar-refractivity contribution in [3.8, 4) is 0 Å². The first-order valence-corrected chi connectivity index (χ1v) is 14.6. The van der Waals surface area contributed by atoms with Crippen molar-refractivity contribution >= 4 is 113 Å². The standard InChI is InChI=1S/C20H18N6O4S6/c1-9-7-33-17(21-9)23-11(27)3-5-25-15(29)13(35-19(25)31)14-16(30)26(20(32)36-14)6-4-12(28)24-18-22-10(2)8-34-18/h7-8H,3-6H2,1-2H3,(H,21,23,27)(H,22,24,28). The van der Waals surface area contributed by atoms with E-state index in [0.717, 1.165) is 34.9 Å². The zero-order valence-electron chi connectivity index (χ0n) is 18.9. The number of amides is 4. The van der Waals surface area contributed by atoms with Gasteiger partial charge in [0.05, 0.1) is 21.2 Å². The van der Waals surface area contributed by atoms with E-state index < -0.39 is 11.8 Å². The summed E-state index contributed by atoms with van der Waals surface area (Å²) in [6, 6.07) is 0. The highest BCUT2D eigenvalue weighted by atomic mass is 32.2. The van der Waals surface area contributed by atoms with Crippen LogP contribution in [0.1, 0.15) is 24.2 Å². The van der Waals surface area contributed by atoms with Gasteiger partial charge in [-0.25, -0.2) is 9.97 Å². The predicted octanol–water partition coefficient (Wildman–Crippen LogP) is 3.51. The van der Waals surface area contributed by atoms with Gasteiger partial charge in [0.15, 0.2) is 10.3 Å². The second kappa shape index (κ2) is 11.4. The van der Waals surface area contributed by atoms with Gasteiger partial charge < -0.3 is 10.6 Å². The molecule has 2 fully saturated rings. The average molecular weight is 599 g/mol. The Kier molecular flexibility index (Phi) is 8.52. The van der Waals surface area contributed by atoms with Gasteiger partial charge in [-0.1, -0.05) is 48.0 Å². The van der Waals surface area contributed by atoms with Crippen molar-refractivity contribution in [3.05, 3.63) is 32.0 Å². The number of thioether (sulfide) groups is 2. The van der Waals surface area contributed by atoms with Crippen molar-refractivity contribution in [2.75, 3.05) is 23.7 Å². The van der Waals surface area contributed by atoms with E-state index in [-0.39, 0.29) is 56.2 Å². The van der Waals surface area contributed by atoms with Crippen LogP contribution in [0.4, 0.5) is 10.3 Å². The number of thiocarbonyl (C=S) groups is 2. The van der Waals surface area contributed by atoms with E-state index in [0.29, 0.717) is 10.3 Å². The molecule has 2 aliphatic rings. The Morgan fingerprint density at radius 2 is 1.19 bits per heavy atom. The van der Waals surface area contributed by atoms with Gasteiger partial charge in [-0.15, -0.1) is 22.7 Å². The number of rotatable bonds is 8. The van der Waals surface area contributed by atoms with Gasteiger partial charge in [0.1, 0.15) is 8.64 Å². The monoisotopic (exact) mass is 598 g/mol. The zero-order chi connectivity index (χ0) is 26.0. The van der Waals surface area contributed by atoms with E-state index >= 15 is 0 Å². The minimum absolute atomic E-state index is 0.0209. The molecule has 0 unspecified atom stereocenters. The Labute approximate surface area is 233 Å². The van der Waals surface area contributed by atoms with Crippen molar-refractivity contribution in [1.29, 1.82) is 0 Å². The van der Waals surface area contributed by atoms with E-state index in [1.165, 1.54) is 32.5 Å². The van der Waals surface area contributed by atoms with Gasteiger partial charge in [-0.3, -0.25) is 29.0 Å². The molecule has 2 aromatic heterocycles. The third-order valence-electron chi connectivity index (χ3n) is 4.76. The molecule has 0 bridgehead atoms. The van der Waals surface area contributed by atoms with Crippen LogP contribution in [-0.2, 0) is 19.2 Å². The molecule has 0 spiro atoms. The summed E-state index contributed by atoms with van der Waals surface area (Å²) in [5.74, 6) is -1.48. The molecular weight excluding hydrogens is 581 g/mol. The fraction of sp³-hybridized carbons (Fsp3) is 0.300. The number of nitrogens with zero attached hydrogens (tertiary/aromatic N) is 4. The van der Waals surface area contributed by atoms with E-state index in [2.05, 4.69) is 20.6 Å². The summed E-state index contributed by atoms with van der Waals surface area (Å²) in [6.45, 7) is 3.79. The molecule has 0 saturated carbocycles. The van der Waals surface area contributed by atoms with Gasteiger partial charge >= 0.3 is 0 Å². The molecule has 2 saturated heterocycles. The second-order valence-electron chi connectivity index (χ2n) is 7.49. The second-order valence-corrected chi connectivity index (χ2v) is 12.5. The molecule has 4 heterocycles. The number of thiazole rings is 2. The Morgan fingerprint density at radius 1 is 0.806 bits per heavy atom. The van der Waals surface area contributed by atoms with Gasteiger partial charge in [0, 0.05) is 36.7 Å². The Hall–Kier alpha value is -2.24. The molecule has 4 amide bonds. The Morgan fingerprint density at radius 3 is 1.53 bits per heavy atom. The fourth-order valence-corrected chi connectivity index (χ4v) is 7.25. The van der Waals surface area contributed by atoms with E-state index in [1.807, 2.05) is 24.6 Å². The highest BCUT2D eigenvalue weighted by Gasteiger charge is 2.42. The molecule has 2 aliphatic heterocycles. The molecule has 4 rings (SSSR count). The minimum Gasteiger partial charge on any atom is -0.302 e. The highest BCUT2D eigenvalue weighted by molar-refractivity contribution is 8.29. The molecule has 0 atom stereocenters. The number of hydrogen-bond acceptors (Lipinski definition) is 12. The van der Waals surface area contributed by atoms with Gasteiger partial charge in [0.25, 0.3) is 11.8 Å². The summed E-state index contributed by atoms with van der Waals surface area (Å²) in [6.07, 6.45) is 0.0417. The van der Waals surface area contributed by atoms with Crippen LogP contribution in [0.5, 0.6) is 0 Å². The van der Waals surface area contributed by atoms with Crippen LogP contribution in [0, 0.1) is 13.8 Å². The average Bonchev–Trinajstić information content (AvgIpc) is 3.55. The normalized spacial score (nSPS) is 17.9. The van der Waals surface area contributed by atoms with Gasteiger partial charge in [-0.2, -0.15) is 0 Å². The van der Waals surface area contributed by atoms with Gasteiger partial charge in [0.2, 0.25) is 11.8 Å². The first-order valence-electron chi connectivity index (χ1n) is 10.4. The number of hydrogen-bond donors (Lipinski definition) is 2. The van der Waals surface area contributed by atoms with Crippen LogP contribution < -0.4 is 10.6 Å². The maximum Gasteiger partial charge on any atom is 0.267 e. The number of anilines is 2. The lowest BCUT2D eigenvalue weighted by Crippen LogP contribution is -2.33. The summed E-state index contributed by atoms with van der Waals surface area (Å²) in [4.78, 5) is 61.9. The van der Waals surface area contributed by atoms with Crippen LogP contribution in [0.2, 0.25) is 0 Å². The lowest BCUT2D eigenvalue weighted by atomic mass is 10.3. The van der Waals surface area contributed by atoms with Crippen molar-refractivity contribution in [1.82, 2.24) is 19.8 Å². The third kappa shape index (κ3) is 6.18. The molecule has 0 radical (unpaired) electrons. The van der Waals surface area contributed by atoms with Gasteiger partial charge in [-0.05, 0) is 13.8 Å². The molecule has 36 heavy (non-hydrogen) atoms. The summed E-state index contributed by atoms with van der Waals surface area (Å²) >= 11 is 15.3. The molecule has 2 aromatic rings. The minimum atomic E-state index is -0.444. The first-order chi connectivity index (χ1) is 17.1. The maximum atomic E-state index is 13.0. The molecular formula is C20H18N6O4S6. The summed E-state index contributed by atoms with van der Waals surface area (Å²) in [5, 5.41) is 10.0. The summed E-state index contributed by atoms with van der Waals surface area (Å²) in [5.41, 5.74) is 1.61. The molecule has 188 valence electrons. The summed E-state index contributed by atoms with van der Waals surface area (Å²) < 4.78 is 0.521. The van der Waals surface area contributed by atoms with E-state index in [4.69, 9.17) is 24.4 Å². The molecule has 0 aromatic carbocycles. The molecule has 10 nitrogen and oxygen atoms in total. The van der Waals surface area contributed by atoms with Crippen molar-refractivity contribution in [2.24, 2.45) is 0 Å². The molecule has 0 aliphatic carbocycles.